The Kier molecular flexibility index (Phi) is 2.74. The Morgan fingerprint density at radius 3 is 2.92 bits per heavy atom. The van der Waals surface area contributed by atoms with E-state index in [9.17, 15) is 0 Å². The van der Waals surface area contributed by atoms with E-state index in [4.69, 9.17) is 5.73 Å². The van der Waals surface area contributed by atoms with Gasteiger partial charge in [0.15, 0.2) is 0 Å². The van der Waals surface area contributed by atoms with Crippen molar-refractivity contribution < 1.29 is 0 Å². The molecule has 1 heterocycles. The molecule has 0 atom stereocenters. The fourth-order valence-corrected chi connectivity index (χ4v) is 2.64. The van der Waals surface area contributed by atoms with Gasteiger partial charge in [-0.05, 0) is 34.8 Å². The van der Waals surface area contributed by atoms with E-state index >= 15 is 0 Å². The number of halogens is 1. The molecule has 0 amide bonds. The summed E-state index contributed by atoms with van der Waals surface area (Å²) in [5.74, 6) is 0. The fourth-order valence-electron chi connectivity index (χ4n) is 1.22. The molecule has 1 aromatic heterocycles. The third-order valence-corrected chi connectivity index (χ3v) is 3.99. The van der Waals surface area contributed by atoms with Crippen LogP contribution in [0.4, 0.5) is 0 Å². The minimum Gasteiger partial charge on any atom is -0.324 e. The number of hydrogen-bond donors (Lipinski definition) is 2. The van der Waals surface area contributed by atoms with Crippen LogP contribution < -0.4 is 11.1 Å². The van der Waals surface area contributed by atoms with Gasteiger partial charge in [-0.1, -0.05) is 0 Å². The second-order valence-electron chi connectivity index (χ2n) is 3.70. The molecule has 1 aliphatic carbocycles. The molecule has 13 heavy (non-hydrogen) atoms. The molecule has 1 aromatic rings. The van der Waals surface area contributed by atoms with E-state index in [1.54, 1.807) is 11.3 Å². The summed E-state index contributed by atoms with van der Waals surface area (Å²) in [5.41, 5.74) is 6.07. The van der Waals surface area contributed by atoms with Crippen molar-refractivity contribution in [1.82, 2.24) is 5.32 Å². The molecule has 0 spiro atoms. The molecule has 0 unspecified atom stereocenters. The predicted molar refractivity (Wildman–Crippen MR) is 59.9 cm³/mol. The first-order valence-corrected chi connectivity index (χ1v) is 6.08. The van der Waals surface area contributed by atoms with Crippen LogP contribution in [-0.4, -0.2) is 12.1 Å². The maximum atomic E-state index is 5.95. The first-order valence-electron chi connectivity index (χ1n) is 4.40. The van der Waals surface area contributed by atoms with Crippen molar-refractivity contribution in [2.75, 3.05) is 6.54 Å². The molecular formula is C9H13BrN2S. The first kappa shape index (κ1) is 9.65. The van der Waals surface area contributed by atoms with E-state index in [1.807, 2.05) is 0 Å². The summed E-state index contributed by atoms with van der Waals surface area (Å²) >= 11 is 5.20. The highest BCUT2D eigenvalue weighted by Crippen LogP contribution is 2.31. The lowest BCUT2D eigenvalue weighted by atomic mass is 10.3. The van der Waals surface area contributed by atoms with Gasteiger partial charge in [0.25, 0.3) is 0 Å². The van der Waals surface area contributed by atoms with Crippen LogP contribution in [0.2, 0.25) is 0 Å². The zero-order valence-electron chi connectivity index (χ0n) is 7.35. The zero-order valence-corrected chi connectivity index (χ0v) is 9.75. The monoisotopic (exact) mass is 260 g/mol. The summed E-state index contributed by atoms with van der Waals surface area (Å²) in [6.07, 6.45) is 2.35. The summed E-state index contributed by atoms with van der Waals surface area (Å²) in [5, 5.41) is 5.49. The van der Waals surface area contributed by atoms with Crippen molar-refractivity contribution >= 4 is 27.3 Å². The largest absolute Gasteiger partial charge is 0.324 e. The fraction of sp³-hybridized carbons (Fsp3) is 0.556. The van der Waals surface area contributed by atoms with E-state index in [0.717, 1.165) is 13.1 Å². The first-order chi connectivity index (χ1) is 6.18. The van der Waals surface area contributed by atoms with Crippen LogP contribution in [0.25, 0.3) is 0 Å². The second kappa shape index (κ2) is 3.69. The Morgan fingerprint density at radius 2 is 2.38 bits per heavy atom. The summed E-state index contributed by atoms with van der Waals surface area (Å²) < 4.78 is 1.17. The molecule has 0 aromatic carbocycles. The van der Waals surface area contributed by atoms with E-state index in [1.165, 1.54) is 22.2 Å². The third-order valence-electron chi connectivity index (χ3n) is 2.29. The molecule has 0 bridgehead atoms. The smallest absolute Gasteiger partial charge is 0.0300 e. The number of thiophene rings is 1. The van der Waals surface area contributed by atoms with Crippen LogP contribution in [0, 0.1) is 0 Å². The quantitative estimate of drug-likeness (QED) is 0.871. The molecule has 4 heteroatoms. The normalized spacial score (nSPS) is 18.9. The highest BCUT2D eigenvalue weighted by molar-refractivity contribution is 9.10. The van der Waals surface area contributed by atoms with Gasteiger partial charge in [-0.3, -0.25) is 0 Å². The van der Waals surface area contributed by atoms with Crippen LogP contribution in [0.1, 0.15) is 17.7 Å². The minimum atomic E-state index is 0.120. The van der Waals surface area contributed by atoms with Gasteiger partial charge in [-0.2, -0.15) is 0 Å². The van der Waals surface area contributed by atoms with Gasteiger partial charge in [0.1, 0.15) is 0 Å². The minimum absolute atomic E-state index is 0.120. The standard InChI is InChI=1S/C9H13BrN2S/c10-7-3-8(13-5-7)4-12-6-9(11)1-2-9/h3,5,12H,1-2,4,6,11H2. The SMILES string of the molecule is NC1(CNCc2cc(Br)cs2)CC1. The average Bonchev–Trinajstić information content (AvgIpc) is 2.65. The average molecular weight is 261 g/mol. The molecule has 0 aliphatic heterocycles. The van der Waals surface area contributed by atoms with Crippen molar-refractivity contribution in [3.8, 4) is 0 Å². The van der Waals surface area contributed by atoms with Crippen molar-refractivity contribution in [3.05, 3.63) is 20.8 Å². The van der Waals surface area contributed by atoms with Crippen molar-refractivity contribution in [2.45, 2.75) is 24.9 Å². The molecular weight excluding hydrogens is 248 g/mol. The lowest BCUT2D eigenvalue weighted by Gasteiger charge is -2.08. The van der Waals surface area contributed by atoms with Gasteiger partial charge < -0.3 is 11.1 Å². The number of rotatable bonds is 4. The van der Waals surface area contributed by atoms with Crippen LogP contribution in [-0.2, 0) is 6.54 Å². The molecule has 0 saturated heterocycles. The summed E-state index contributed by atoms with van der Waals surface area (Å²) in [6, 6.07) is 2.15. The lowest BCUT2D eigenvalue weighted by Crippen LogP contribution is -2.35. The van der Waals surface area contributed by atoms with Crippen molar-refractivity contribution in [2.24, 2.45) is 5.73 Å². The van der Waals surface area contributed by atoms with E-state index in [0.29, 0.717) is 0 Å². The van der Waals surface area contributed by atoms with E-state index in [2.05, 4.69) is 32.7 Å². The second-order valence-corrected chi connectivity index (χ2v) is 5.61. The van der Waals surface area contributed by atoms with Gasteiger partial charge >= 0.3 is 0 Å². The summed E-state index contributed by atoms with van der Waals surface area (Å²) in [4.78, 5) is 1.36. The molecule has 72 valence electrons. The Bertz CT molecular complexity index is 294. The van der Waals surface area contributed by atoms with Gasteiger partial charge in [-0.15, -0.1) is 11.3 Å². The Morgan fingerprint density at radius 1 is 1.62 bits per heavy atom. The number of hydrogen-bond acceptors (Lipinski definition) is 3. The Balaban J connectivity index is 1.73. The van der Waals surface area contributed by atoms with Gasteiger partial charge in [0.2, 0.25) is 0 Å². The molecule has 2 nitrogen and oxygen atoms in total. The molecule has 3 N–H and O–H groups in total. The molecule has 1 fully saturated rings. The molecule has 1 saturated carbocycles. The molecule has 0 radical (unpaired) electrons. The maximum Gasteiger partial charge on any atom is 0.0300 e. The topological polar surface area (TPSA) is 38.0 Å². The maximum absolute atomic E-state index is 5.95. The van der Waals surface area contributed by atoms with Crippen LogP contribution in [0.3, 0.4) is 0 Å². The van der Waals surface area contributed by atoms with E-state index < -0.39 is 0 Å². The van der Waals surface area contributed by atoms with Crippen molar-refractivity contribution in [1.29, 1.82) is 0 Å². The Labute approximate surface area is 90.6 Å². The lowest BCUT2D eigenvalue weighted by molar-refractivity contribution is 0.572. The highest BCUT2D eigenvalue weighted by Gasteiger charge is 2.37. The summed E-state index contributed by atoms with van der Waals surface area (Å²) in [7, 11) is 0. The zero-order chi connectivity index (χ0) is 9.31. The van der Waals surface area contributed by atoms with Gasteiger partial charge in [0.05, 0.1) is 0 Å². The number of nitrogens with one attached hydrogen (secondary N) is 1. The number of nitrogens with two attached hydrogens (primary N) is 1. The van der Waals surface area contributed by atoms with Crippen molar-refractivity contribution in [3.63, 3.8) is 0 Å². The summed E-state index contributed by atoms with van der Waals surface area (Å²) in [6.45, 7) is 1.89. The van der Waals surface area contributed by atoms with Crippen LogP contribution in [0.5, 0.6) is 0 Å². The molecule has 2 rings (SSSR count). The third kappa shape index (κ3) is 2.77. The van der Waals surface area contributed by atoms with Gasteiger partial charge in [-0.25, -0.2) is 0 Å². The van der Waals surface area contributed by atoms with Crippen LogP contribution in [0.15, 0.2) is 15.9 Å². The Hall–Kier alpha value is 0.1000. The molecule has 1 aliphatic rings. The van der Waals surface area contributed by atoms with E-state index in [-0.39, 0.29) is 5.54 Å². The van der Waals surface area contributed by atoms with Gasteiger partial charge in [0, 0.05) is 33.4 Å². The predicted octanol–water partition coefficient (Wildman–Crippen LogP) is 2.09. The highest BCUT2D eigenvalue weighted by atomic mass is 79.9. The van der Waals surface area contributed by atoms with Crippen LogP contribution >= 0.6 is 27.3 Å².